The fraction of sp³-hybridized carbons (Fsp3) is 0.410. The molecule has 0 fully saturated rings. The number of benzene rings is 2. The van der Waals surface area contributed by atoms with E-state index < -0.39 is 0 Å². The van der Waals surface area contributed by atoms with Crippen LogP contribution in [0.2, 0.25) is 0 Å². The van der Waals surface area contributed by atoms with Crippen LogP contribution >= 0.6 is 34.0 Å². The zero-order chi connectivity index (χ0) is 33.4. The van der Waals surface area contributed by atoms with Crippen molar-refractivity contribution in [1.29, 1.82) is 0 Å². The molecule has 251 valence electrons. The Morgan fingerprint density at radius 2 is 1.49 bits per heavy atom. The quantitative estimate of drug-likeness (QED) is 0.0941. The van der Waals surface area contributed by atoms with Gasteiger partial charge in [-0.05, 0) is 64.8 Å². The Morgan fingerprint density at radius 1 is 0.851 bits per heavy atom. The monoisotopic (exact) mass is 862 g/mol. The van der Waals surface area contributed by atoms with Gasteiger partial charge in [0.2, 0.25) is 0 Å². The predicted molar refractivity (Wildman–Crippen MR) is 202 cm³/mol. The van der Waals surface area contributed by atoms with Crippen molar-refractivity contribution in [2.24, 2.45) is 10.8 Å². The molecule has 0 spiro atoms. The van der Waals surface area contributed by atoms with Crippen molar-refractivity contribution in [1.82, 2.24) is 9.97 Å². The second-order valence-electron chi connectivity index (χ2n) is 13.7. The number of thiophene rings is 3. The second kappa shape index (κ2) is 14.6. The minimum atomic E-state index is -0.337. The number of fused-ring (bicyclic) bond motifs is 6. The van der Waals surface area contributed by atoms with Gasteiger partial charge in [-0.25, -0.2) is 4.98 Å². The van der Waals surface area contributed by atoms with Crippen LogP contribution in [0, 0.1) is 16.9 Å². The Bertz CT molecular complexity index is 2050. The molecule has 1 N–H and O–H groups in total. The van der Waals surface area contributed by atoms with Crippen LogP contribution in [0.15, 0.2) is 59.3 Å². The number of aliphatic hydroxyl groups excluding tert-OH is 1. The molecule has 2 aromatic carbocycles. The van der Waals surface area contributed by atoms with Gasteiger partial charge in [-0.2, -0.15) is 11.3 Å². The number of rotatable bonds is 8. The summed E-state index contributed by atoms with van der Waals surface area (Å²) in [6.45, 7) is 18.9. The van der Waals surface area contributed by atoms with E-state index in [4.69, 9.17) is 9.97 Å². The average Bonchev–Trinajstić information content (AvgIpc) is 3.80. The molecule has 0 amide bonds. The zero-order valence-electron chi connectivity index (χ0n) is 28.8. The van der Waals surface area contributed by atoms with Crippen molar-refractivity contribution in [2.45, 2.75) is 93.4 Å². The van der Waals surface area contributed by atoms with Gasteiger partial charge in [0, 0.05) is 67.6 Å². The van der Waals surface area contributed by atoms with E-state index in [2.05, 4.69) is 67.9 Å². The molecule has 6 aromatic rings. The topological polar surface area (TPSA) is 63.1 Å². The van der Waals surface area contributed by atoms with E-state index in [0.29, 0.717) is 0 Å². The molecule has 0 saturated carbocycles. The van der Waals surface area contributed by atoms with E-state index in [1.165, 1.54) is 41.9 Å². The summed E-state index contributed by atoms with van der Waals surface area (Å²) in [5.74, 6) is 0.286. The minimum Gasteiger partial charge on any atom is -0.512 e. The third kappa shape index (κ3) is 7.14. The molecular weight excluding hydrogens is 817 g/mol. The Kier molecular flexibility index (Phi) is 11.6. The first kappa shape index (κ1) is 37.3. The van der Waals surface area contributed by atoms with E-state index in [1.54, 1.807) is 40.3 Å². The van der Waals surface area contributed by atoms with Crippen LogP contribution in [-0.4, -0.2) is 20.9 Å². The number of carbonyl (C=O) groups excluding carboxylic acids is 1. The van der Waals surface area contributed by atoms with Crippen molar-refractivity contribution < 1.29 is 30.0 Å². The van der Waals surface area contributed by atoms with Crippen LogP contribution in [0.5, 0.6) is 0 Å². The van der Waals surface area contributed by atoms with Gasteiger partial charge in [0.15, 0.2) is 5.78 Å². The number of aromatic nitrogens is 2. The predicted octanol–water partition coefficient (Wildman–Crippen LogP) is 12.7. The van der Waals surface area contributed by atoms with Gasteiger partial charge in [-0.1, -0.05) is 73.4 Å². The summed E-state index contributed by atoms with van der Waals surface area (Å²) in [6, 6.07) is 14.7. The number of allylic oxidation sites excluding steroid dienone is 2. The van der Waals surface area contributed by atoms with Gasteiger partial charge in [-0.3, -0.25) is 9.78 Å². The molecular formula is C39H45IrN2O2S3-. The fourth-order valence-corrected chi connectivity index (χ4v) is 8.73. The maximum absolute atomic E-state index is 12.2. The molecule has 8 heteroatoms. The van der Waals surface area contributed by atoms with E-state index in [9.17, 15) is 9.90 Å². The molecule has 0 aliphatic heterocycles. The zero-order valence-corrected chi connectivity index (χ0v) is 33.7. The van der Waals surface area contributed by atoms with E-state index >= 15 is 0 Å². The molecule has 4 heterocycles. The van der Waals surface area contributed by atoms with Crippen molar-refractivity contribution in [3.63, 3.8) is 0 Å². The fourth-order valence-electron chi connectivity index (χ4n) is 5.68. The summed E-state index contributed by atoms with van der Waals surface area (Å²) in [5, 5.41) is 18.2. The maximum atomic E-state index is 12.2. The molecule has 1 radical (unpaired) electrons. The number of ketones is 1. The minimum absolute atomic E-state index is 0. The van der Waals surface area contributed by atoms with Crippen molar-refractivity contribution in [2.75, 3.05) is 0 Å². The van der Waals surface area contributed by atoms with Gasteiger partial charge in [0.05, 0.1) is 5.52 Å². The summed E-state index contributed by atoms with van der Waals surface area (Å²) in [5.41, 5.74) is 3.90. The van der Waals surface area contributed by atoms with Gasteiger partial charge in [-0.15, -0.1) is 46.3 Å². The summed E-state index contributed by atoms with van der Waals surface area (Å²) >= 11 is 5.36. The Balaban J connectivity index is 0.000000242. The Hall–Kier alpha value is -2.48. The molecule has 0 atom stereocenters. The van der Waals surface area contributed by atoms with Gasteiger partial charge in [0.1, 0.15) is 12.1 Å². The first-order valence-corrected chi connectivity index (χ1v) is 18.8. The van der Waals surface area contributed by atoms with E-state index in [-0.39, 0.29) is 47.9 Å². The third-order valence-electron chi connectivity index (χ3n) is 9.98. The SMILES string of the molecule is CC(C)(C)c1cc(-c2ncnc3c2sc2ccc4sccc4c23)[c-]c2ccsc12.CCC(C)(CC)C(=O)/C=C(\O)C(C)(CC)CC.[Ir]. The van der Waals surface area contributed by atoms with Crippen LogP contribution < -0.4 is 0 Å². The number of aliphatic hydroxyl groups is 1. The number of hydrogen-bond donors (Lipinski definition) is 1. The Labute approximate surface area is 304 Å². The summed E-state index contributed by atoms with van der Waals surface area (Å²) in [6.07, 6.45) is 6.46. The molecule has 6 rings (SSSR count). The molecule has 0 bridgehead atoms. The Morgan fingerprint density at radius 3 is 2.13 bits per heavy atom. The van der Waals surface area contributed by atoms with Crippen LogP contribution in [0.25, 0.3) is 51.7 Å². The molecule has 0 aliphatic carbocycles. The largest absolute Gasteiger partial charge is 0.512 e. The molecule has 0 aliphatic rings. The first-order valence-electron chi connectivity index (χ1n) is 16.2. The molecule has 4 nitrogen and oxygen atoms in total. The summed E-state index contributed by atoms with van der Waals surface area (Å²) in [7, 11) is 0. The van der Waals surface area contributed by atoms with Crippen LogP contribution in [0.4, 0.5) is 0 Å². The van der Waals surface area contributed by atoms with Crippen molar-refractivity contribution in [3.05, 3.63) is 70.9 Å². The average molecular weight is 862 g/mol. The number of carbonyl (C=O) groups is 1. The van der Waals surface area contributed by atoms with Gasteiger partial charge >= 0.3 is 0 Å². The van der Waals surface area contributed by atoms with Crippen LogP contribution in [-0.2, 0) is 30.3 Å². The molecule has 0 saturated heterocycles. The van der Waals surface area contributed by atoms with Crippen molar-refractivity contribution in [3.8, 4) is 11.3 Å². The van der Waals surface area contributed by atoms with Crippen LogP contribution in [0.3, 0.4) is 0 Å². The number of nitrogens with zero attached hydrogens (tertiary/aromatic N) is 2. The maximum Gasteiger partial charge on any atom is 0.164 e. The third-order valence-corrected chi connectivity index (χ3v) is 13.0. The summed E-state index contributed by atoms with van der Waals surface area (Å²) < 4.78 is 5.04. The molecule has 0 unspecified atom stereocenters. The van der Waals surface area contributed by atoms with E-state index in [0.717, 1.165) is 47.2 Å². The molecule has 47 heavy (non-hydrogen) atoms. The first-order chi connectivity index (χ1) is 21.8. The van der Waals surface area contributed by atoms with E-state index in [1.807, 2.05) is 41.5 Å². The van der Waals surface area contributed by atoms with Crippen LogP contribution in [0.1, 0.15) is 93.6 Å². The standard InChI is InChI=1S/C24H17N2S3.C15H28O2.Ir/c1-24(2,3)16-11-14(10-13-6-8-28-22(13)16)20-23-21(26-12-25-20)19-15-7-9-27-17(15)4-5-18(19)29-23;1-7-14(5,8-2)12(16)11-13(17)15(6,9-3)10-4;/h4-9,11-12H,1-3H3;11,16H,7-10H2,1-6H3;/q-1;;/b;12-11-;. The normalized spacial score (nSPS) is 12.8. The second-order valence-corrected chi connectivity index (χ2v) is 16.6. The van der Waals surface area contributed by atoms with Gasteiger partial charge < -0.3 is 5.11 Å². The van der Waals surface area contributed by atoms with Gasteiger partial charge in [0.25, 0.3) is 0 Å². The molecule has 4 aromatic heterocycles. The number of hydrogen-bond acceptors (Lipinski definition) is 7. The smallest absolute Gasteiger partial charge is 0.164 e. The van der Waals surface area contributed by atoms with Crippen molar-refractivity contribution >= 4 is 80.3 Å². The summed E-state index contributed by atoms with van der Waals surface area (Å²) in [4.78, 5) is 21.6.